The van der Waals surface area contributed by atoms with Gasteiger partial charge in [0.15, 0.2) is 5.79 Å². The number of methoxy groups -OCH3 is 1. The SMILES string of the molecule is COC1(O)CCN(S(=O)(=O)c2cc(C(=O)Nc3ccc(F)c(Cl)c3)ccc2F)CC1. The van der Waals surface area contributed by atoms with Gasteiger partial charge in [-0.15, -0.1) is 0 Å². The molecule has 7 nitrogen and oxygen atoms in total. The van der Waals surface area contributed by atoms with Crippen LogP contribution in [0.15, 0.2) is 41.3 Å². The molecule has 0 spiro atoms. The second-order valence-corrected chi connectivity index (χ2v) is 9.10. The van der Waals surface area contributed by atoms with Gasteiger partial charge in [0.25, 0.3) is 5.91 Å². The van der Waals surface area contributed by atoms with Gasteiger partial charge in [0.05, 0.1) is 5.02 Å². The monoisotopic (exact) mass is 460 g/mol. The highest BCUT2D eigenvalue weighted by Gasteiger charge is 2.38. The number of halogens is 3. The van der Waals surface area contributed by atoms with Gasteiger partial charge in [0.2, 0.25) is 10.0 Å². The first-order valence-corrected chi connectivity index (χ1v) is 10.7. The Bertz CT molecular complexity index is 1070. The van der Waals surface area contributed by atoms with Crippen LogP contribution < -0.4 is 5.32 Å². The van der Waals surface area contributed by atoms with Gasteiger partial charge in [-0.2, -0.15) is 4.31 Å². The first-order valence-electron chi connectivity index (χ1n) is 8.89. The maximum atomic E-state index is 14.4. The molecule has 1 fully saturated rings. The molecule has 11 heteroatoms. The topological polar surface area (TPSA) is 95.9 Å². The molecule has 0 aliphatic carbocycles. The van der Waals surface area contributed by atoms with Gasteiger partial charge in [0.1, 0.15) is 16.5 Å². The molecule has 162 valence electrons. The third kappa shape index (κ3) is 4.62. The largest absolute Gasteiger partial charge is 0.365 e. The van der Waals surface area contributed by atoms with Gasteiger partial charge >= 0.3 is 0 Å². The first-order chi connectivity index (χ1) is 14.1. The van der Waals surface area contributed by atoms with Crippen molar-refractivity contribution in [3.05, 3.63) is 58.6 Å². The predicted octanol–water partition coefficient (Wildman–Crippen LogP) is 2.99. The van der Waals surface area contributed by atoms with Crippen molar-refractivity contribution in [3.63, 3.8) is 0 Å². The Hall–Kier alpha value is -2.11. The van der Waals surface area contributed by atoms with Crippen LogP contribution in [0.4, 0.5) is 14.5 Å². The minimum Gasteiger partial charge on any atom is -0.365 e. The number of carbonyl (C=O) groups is 1. The van der Waals surface area contributed by atoms with Crippen LogP contribution in [0.1, 0.15) is 23.2 Å². The lowest BCUT2D eigenvalue weighted by atomic mass is 10.1. The molecule has 0 radical (unpaired) electrons. The number of aliphatic hydroxyl groups is 1. The average molecular weight is 461 g/mol. The van der Waals surface area contributed by atoms with Crippen LogP contribution >= 0.6 is 11.6 Å². The van der Waals surface area contributed by atoms with E-state index in [-0.39, 0.29) is 42.2 Å². The number of nitrogens with zero attached hydrogens (tertiary/aromatic N) is 1. The Balaban J connectivity index is 1.84. The van der Waals surface area contributed by atoms with E-state index >= 15 is 0 Å². The van der Waals surface area contributed by atoms with Crippen LogP contribution in [0.3, 0.4) is 0 Å². The molecule has 2 aromatic carbocycles. The maximum absolute atomic E-state index is 14.4. The molecule has 2 aromatic rings. The molecule has 0 saturated carbocycles. The Morgan fingerprint density at radius 2 is 1.80 bits per heavy atom. The summed E-state index contributed by atoms with van der Waals surface area (Å²) in [4.78, 5) is 11.8. The summed E-state index contributed by atoms with van der Waals surface area (Å²) in [6.45, 7) is -0.146. The highest BCUT2D eigenvalue weighted by Crippen LogP contribution is 2.29. The van der Waals surface area contributed by atoms with Crippen molar-refractivity contribution >= 4 is 33.2 Å². The van der Waals surface area contributed by atoms with Crippen molar-refractivity contribution in [1.29, 1.82) is 0 Å². The fourth-order valence-electron chi connectivity index (χ4n) is 3.04. The summed E-state index contributed by atoms with van der Waals surface area (Å²) >= 11 is 5.68. The Labute approximate surface area is 177 Å². The van der Waals surface area contributed by atoms with Gasteiger partial charge < -0.3 is 15.2 Å². The van der Waals surface area contributed by atoms with Gasteiger partial charge in [-0.05, 0) is 36.4 Å². The lowest BCUT2D eigenvalue weighted by molar-refractivity contribution is -0.205. The van der Waals surface area contributed by atoms with Crippen molar-refractivity contribution in [2.24, 2.45) is 0 Å². The molecule has 30 heavy (non-hydrogen) atoms. The van der Waals surface area contributed by atoms with Crippen LogP contribution in [0.2, 0.25) is 5.02 Å². The number of rotatable bonds is 5. The number of anilines is 1. The Morgan fingerprint density at radius 1 is 1.17 bits per heavy atom. The molecule has 1 saturated heterocycles. The number of piperidine rings is 1. The van der Waals surface area contributed by atoms with Crippen LogP contribution in [-0.2, 0) is 14.8 Å². The van der Waals surface area contributed by atoms with E-state index in [1.807, 2.05) is 0 Å². The highest BCUT2D eigenvalue weighted by atomic mass is 35.5. The van der Waals surface area contributed by atoms with E-state index in [0.717, 1.165) is 28.6 Å². The Kier molecular flexibility index (Phi) is 6.44. The number of carbonyl (C=O) groups excluding carboxylic acids is 1. The third-order valence-corrected chi connectivity index (χ3v) is 7.08. The van der Waals surface area contributed by atoms with E-state index in [4.69, 9.17) is 16.3 Å². The maximum Gasteiger partial charge on any atom is 0.255 e. The second-order valence-electron chi connectivity index (χ2n) is 6.78. The molecule has 0 unspecified atom stereocenters. The van der Waals surface area contributed by atoms with E-state index in [1.54, 1.807) is 0 Å². The molecule has 3 rings (SSSR count). The van der Waals surface area contributed by atoms with Crippen molar-refractivity contribution in [3.8, 4) is 0 Å². The molecule has 0 aromatic heterocycles. The molecule has 1 heterocycles. The third-order valence-electron chi connectivity index (χ3n) is 4.87. The number of ether oxygens (including phenoxy) is 1. The van der Waals surface area contributed by atoms with Crippen LogP contribution in [0.25, 0.3) is 0 Å². The van der Waals surface area contributed by atoms with Crippen molar-refractivity contribution in [2.45, 2.75) is 23.5 Å². The van der Waals surface area contributed by atoms with Crippen LogP contribution in [0.5, 0.6) is 0 Å². The second kappa shape index (κ2) is 8.56. The quantitative estimate of drug-likeness (QED) is 0.669. The van der Waals surface area contributed by atoms with Gasteiger partial charge in [-0.3, -0.25) is 4.79 Å². The predicted molar refractivity (Wildman–Crippen MR) is 106 cm³/mol. The summed E-state index contributed by atoms with van der Waals surface area (Å²) in [5, 5.41) is 12.3. The standard InChI is InChI=1S/C19H19ClF2N2O5S/c1-29-19(26)6-8-24(9-7-19)30(27,28)17-10-12(2-4-16(17)22)18(25)23-13-3-5-15(21)14(20)11-13/h2-5,10-11,26H,6-9H2,1H3,(H,23,25). The summed E-state index contributed by atoms with van der Waals surface area (Å²) in [6.07, 6.45) is 0.0473. The number of hydrogen-bond acceptors (Lipinski definition) is 5. The molecule has 0 bridgehead atoms. The highest BCUT2D eigenvalue weighted by molar-refractivity contribution is 7.89. The zero-order valence-corrected chi connectivity index (χ0v) is 17.4. The summed E-state index contributed by atoms with van der Waals surface area (Å²) in [5.41, 5.74) is 0.0795. The zero-order valence-electron chi connectivity index (χ0n) is 15.9. The first kappa shape index (κ1) is 22.6. The molecule has 1 aliphatic rings. The van der Waals surface area contributed by atoms with Gasteiger partial charge in [-0.25, -0.2) is 17.2 Å². The lowest BCUT2D eigenvalue weighted by Gasteiger charge is -2.36. The molecule has 2 N–H and O–H groups in total. The van der Waals surface area contributed by atoms with Crippen molar-refractivity contribution < 1.29 is 31.8 Å². The number of nitrogens with one attached hydrogen (secondary N) is 1. The van der Waals surface area contributed by atoms with E-state index in [9.17, 15) is 27.1 Å². The molecule has 1 amide bonds. The molecule has 0 atom stereocenters. The summed E-state index contributed by atoms with van der Waals surface area (Å²) < 4.78 is 59.4. The minimum atomic E-state index is -4.25. The summed E-state index contributed by atoms with van der Waals surface area (Å²) in [7, 11) is -2.93. The number of benzene rings is 2. The van der Waals surface area contributed by atoms with Crippen LogP contribution in [-0.4, -0.2) is 49.7 Å². The summed E-state index contributed by atoms with van der Waals surface area (Å²) in [6, 6.07) is 6.49. The summed E-state index contributed by atoms with van der Waals surface area (Å²) in [5.74, 6) is -3.82. The average Bonchev–Trinajstić information content (AvgIpc) is 2.71. The minimum absolute atomic E-state index is 0.0237. The fraction of sp³-hybridized carbons (Fsp3) is 0.316. The molecular formula is C19H19ClF2N2O5S. The van der Waals surface area contributed by atoms with Crippen molar-refractivity contribution in [2.75, 3.05) is 25.5 Å². The van der Waals surface area contributed by atoms with Gasteiger partial charge in [0, 0.05) is 44.3 Å². The van der Waals surface area contributed by atoms with E-state index in [2.05, 4.69) is 5.32 Å². The van der Waals surface area contributed by atoms with E-state index in [1.165, 1.54) is 19.2 Å². The zero-order chi connectivity index (χ0) is 22.1. The molecular weight excluding hydrogens is 442 g/mol. The lowest BCUT2D eigenvalue weighted by Crippen LogP contribution is -2.47. The molecule has 1 aliphatic heterocycles. The van der Waals surface area contributed by atoms with Gasteiger partial charge in [-0.1, -0.05) is 11.6 Å². The number of sulfonamides is 1. The number of amides is 1. The van der Waals surface area contributed by atoms with Crippen molar-refractivity contribution in [1.82, 2.24) is 4.31 Å². The Morgan fingerprint density at radius 3 is 2.40 bits per heavy atom. The normalized spacial score (nSPS) is 17.0. The van der Waals surface area contributed by atoms with Crippen LogP contribution in [0, 0.1) is 11.6 Å². The fourth-order valence-corrected chi connectivity index (χ4v) is 4.75. The van der Waals surface area contributed by atoms with E-state index < -0.39 is 38.2 Å². The number of hydrogen-bond donors (Lipinski definition) is 2. The van der Waals surface area contributed by atoms with E-state index in [0.29, 0.717) is 0 Å². The smallest absolute Gasteiger partial charge is 0.255 e.